The average molecular weight is 378 g/mol. The fourth-order valence-electron chi connectivity index (χ4n) is 1.25. The van der Waals surface area contributed by atoms with Gasteiger partial charge in [-0.3, -0.25) is 0 Å². The number of hydrogen-bond donors (Lipinski definition) is 2. The van der Waals surface area contributed by atoms with Crippen molar-refractivity contribution in [3.8, 4) is 0 Å². The average Bonchev–Trinajstić information content (AvgIpc) is 3.00. The molecule has 18 heavy (non-hydrogen) atoms. The number of imidazole rings is 2. The van der Waals surface area contributed by atoms with Crippen molar-refractivity contribution >= 4 is 12.4 Å². The molecule has 2 aromatic rings. The first-order valence-electron chi connectivity index (χ1n) is 5.17. The zero-order valence-electron chi connectivity index (χ0n) is 10.3. The van der Waals surface area contributed by atoms with Gasteiger partial charge in [0, 0.05) is 6.42 Å². The molecule has 0 saturated carbocycles. The molecule has 0 atom stereocenters. The lowest BCUT2D eigenvalue weighted by Crippen LogP contribution is -3.00. The molecule has 2 N–H and O–H groups in total. The van der Waals surface area contributed by atoms with Crippen LogP contribution in [0, 0.1) is 0 Å². The van der Waals surface area contributed by atoms with Crippen molar-refractivity contribution in [1.29, 1.82) is 0 Å². The summed E-state index contributed by atoms with van der Waals surface area (Å²) in [6.07, 6.45) is 13.9. The lowest BCUT2D eigenvalue weighted by molar-refractivity contribution is -0.575. The van der Waals surface area contributed by atoms with Crippen molar-refractivity contribution in [2.24, 2.45) is 0 Å². The predicted molar refractivity (Wildman–Crippen MR) is 64.1 cm³/mol. The van der Waals surface area contributed by atoms with Gasteiger partial charge >= 0.3 is 0 Å². The van der Waals surface area contributed by atoms with Gasteiger partial charge in [0.1, 0.15) is 24.8 Å². The van der Waals surface area contributed by atoms with Gasteiger partial charge in [-0.1, -0.05) is 20.1 Å². The second kappa shape index (κ2) is 11.0. The number of H-pyrrole nitrogens is 2. The van der Waals surface area contributed by atoms with Gasteiger partial charge in [0.25, 0.3) is 5.82 Å². The third kappa shape index (κ3) is 5.97. The maximum atomic E-state index is 3.65. The Morgan fingerprint density at radius 1 is 1.17 bits per heavy atom. The number of hydrogen-bond acceptors (Lipinski definition) is 0. The van der Waals surface area contributed by atoms with Gasteiger partial charge in [0.15, 0.2) is 0 Å². The van der Waals surface area contributed by atoms with E-state index in [1.165, 1.54) is 5.82 Å². The van der Waals surface area contributed by atoms with Crippen molar-refractivity contribution < 1.29 is 43.1 Å². The Hall–Kier alpha value is -1.14. The van der Waals surface area contributed by atoms with Gasteiger partial charge in [0.2, 0.25) is 6.33 Å². The standard InChI is InChI=1S/C7H10N2.C5H6N2.2BrH/c1-3-7-8-5-6-9(7)4-2;1-2-7-4-3-6-5-7;;/h4-6H,2-3H2,1H3;2-5H,1H2;2*1H. The topological polar surface area (TPSA) is 39.3 Å². The second-order valence-electron chi connectivity index (χ2n) is 3.09. The summed E-state index contributed by atoms with van der Waals surface area (Å²) < 4.78 is 3.81. The van der Waals surface area contributed by atoms with Crippen molar-refractivity contribution in [2.45, 2.75) is 13.3 Å². The minimum atomic E-state index is 0. The van der Waals surface area contributed by atoms with E-state index >= 15 is 0 Å². The van der Waals surface area contributed by atoms with Crippen LogP contribution in [-0.4, -0.2) is 9.97 Å². The maximum Gasteiger partial charge on any atom is 0.258 e. The summed E-state index contributed by atoms with van der Waals surface area (Å²) in [4.78, 5) is 5.97. The molecule has 0 saturated heterocycles. The molecule has 2 rings (SSSR count). The molecule has 100 valence electrons. The third-order valence-corrected chi connectivity index (χ3v) is 2.11. The smallest absolute Gasteiger partial charge is 0.258 e. The summed E-state index contributed by atoms with van der Waals surface area (Å²) in [5.41, 5.74) is 0. The fourth-order valence-corrected chi connectivity index (χ4v) is 1.25. The molecule has 6 heteroatoms. The van der Waals surface area contributed by atoms with Gasteiger partial charge < -0.3 is 34.0 Å². The van der Waals surface area contributed by atoms with E-state index in [1.54, 1.807) is 12.4 Å². The van der Waals surface area contributed by atoms with Crippen LogP contribution >= 0.6 is 0 Å². The highest BCUT2D eigenvalue weighted by Gasteiger charge is 2.01. The Kier molecular flexibility index (Phi) is 11.7. The van der Waals surface area contributed by atoms with Gasteiger partial charge in [0.05, 0.1) is 12.4 Å². The van der Waals surface area contributed by atoms with Crippen molar-refractivity contribution in [3.63, 3.8) is 0 Å². The lowest BCUT2D eigenvalue weighted by atomic mass is 10.5. The molecule has 0 spiro atoms. The Balaban J connectivity index is 0. The quantitative estimate of drug-likeness (QED) is 0.505. The minimum absolute atomic E-state index is 0. The highest BCUT2D eigenvalue weighted by atomic mass is 79.9. The van der Waals surface area contributed by atoms with Crippen LogP contribution in [0.1, 0.15) is 12.7 Å². The Morgan fingerprint density at radius 3 is 2.22 bits per heavy atom. The summed E-state index contributed by atoms with van der Waals surface area (Å²) >= 11 is 0. The molecule has 0 aromatic carbocycles. The fraction of sp³-hybridized carbons (Fsp3) is 0.167. The van der Waals surface area contributed by atoms with Crippen molar-refractivity contribution in [3.05, 3.63) is 50.1 Å². The van der Waals surface area contributed by atoms with Gasteiger partial charge in [-0.25, -0.2) is 19.1 Å². The van der Waals surface area contributed by atoms with E-state index in [-0.39, 0.29) is 34.0 Å². The number of halogens is 2. The van der Waals surface area contributed by atoms with Gasteiger partial charge in [-0.15, -0.1) is 0 Å². The highest BCUT2D eigenvalue weighted by Crippen LogP contribution is 1.85. The summed E-state index contributed by atoms with van der Waals surface area (Å²) in [5.74, 6) is 1.19. The Labute approximate surface area is 129 Å². The van der Waals surface area contributed by atoms with Crippen LogP contribution in [0.3, 0.4) is 0 Å². The zero-order chi connectivity index (χ0) is 11.8. The van der Waals surface area contributed by atoms with E-state index < -0.39 is 0 Å². The molecule has 0 aliphatic heterocycles. The summed E-state index contributed by atoms with van der Waals surface area (Å²) in [7, 11) is 0. The van der Waals surface area contributed by atoms with Crippen molar-refractivity contribution in [1.82, 2.24) is 9.97 Å². The van der Waals surface area contributed by atoms with Crippen LogP contribution in [0.5, 0.6) is 0 Å². The predicted octanol–water partition coefficient (Wildman–Crippen LogP) is -4.62. The molecule has 0 unspecified atom stereocenters. The van der Waals surface area contributed by atoms with E-state index in [9.17, 15) is 0 Å². The molecule has 2 aromatic heterocycles. The molecule has 2 heterocycles. The Bertz CT molecular complexity index is 435. The number of aryl methyl sites for hydroxylation is 1. The molecule has 0 radical (unpaired) electrons. The highest BCUT2D eigenvalue weighted by molar-refractivity contribution is 4.97. The minimum Gasteiger partial charge on any atom is -1.00 e. The van der Waals surface area contributed by atoms with Crippen molar-refractivity contribution in [2.75, 3.05) is 0 Å². The van der Waals surface area contributed by atoms with E-state index in [2.05, 4.69) is 30.0 Å². The summed E-state index contributed by atoms with van der Waals surface area (Å²) in [6.45, 7) is 9.30. The number of aromatic nitrogens is 4. The normalized spacial score (nSPS) is 8.06. The molecule has 0 aliphatic rings. The Morgan fingerprint density at radius 2 is 1.89 bits per heavy atom. The molecule has 0 bridgehead atoms. The maximum absolute atomic E-state index is 3.65. The van der Waals surface area contributed by atoms with E-state index in [4.69, 9.17) is 0 Å². The van der Waals surface area contributed by atoms with E-state index in [0.717, 1.165) is 6.42 Å². The zero-order valence-corrected chi connectivity index (χ0v) is 13.5. The van der Waals surface area contributed by atoms with E-state index in [1.807, 2.05) is 40.2 Å². The summed E-state index contributed by atoms with van der Waals surface area (Å²) in [5, 5.41) is 0. The number of aromatic amines is 2. The molecule has 0 amide bonds. The van der Waals surface area contributed by atoms with Gasteiger partial charge in [-0.05, 0) is 0 Å². The number of nitrogens with one attached hydrogen (secondary N) is 2. The largest absolute Gasteiger partial charge is 1.00 e. The molecule has 0 aliphatic carbocycles. The van der Waals surface area contributed by atoms with Crippen LogP contribution in [0.2, 0.25) is 0 Å². The SMILES string of the molecule is C=C[n+]1cc[nH]c1.C=C[n+]1cc[nH]c1CC.[Br-].[Br-]. The first-order chi connectivity index (χ1) is 7.81. The first-order valence-corrected chi connectivity index (χ1v) is 5.17. The molecular formula is C12H18Br2N4. The van der Waals surface area contributed by atoms with Crippen LogP contribution in [0.4, 0.5) is 0 Å². The third-order valence-electron chi connectivity index (χ3n) is 2.11. The molecule has 4 nitrogen and oxygen atoms in total. The van der Waals surface area contributed by atoms with Gasteiger partial charge in [-0.2, -0.15) is 0 Å². The van der Waals surface area contributed by atoms with Crippen LogP contribution in [0.15, 0.2) is 44.3 Å². The first kappa shape index (κ1) is 19.2. The summed E-state index contributed by atoms with van der Waals surface area (Å²) in [6, 6.07) is 0. The van der Waals surface area contributed by atoms with E-state index in [0.29, 0.717) is 0 Å². The van der Waals surface area contributed by atoms with Crippen LogP contribution in [-0.2, 0) is 6.42 Å². The molecule has 0 fully saturated rings. The lowest BCUT2D eigenvalue weighted by Gasteiger charge is -1.85. The second-order valence-corrected chi connectivity index (χ2v) is 3.09. The van der Waals surface area contributed by atoms with Crippen LogP contribution < -0.4 is 43.1 Å². The van der Waals surface area contributed by atoms with Crippen LogP contribution in [0.25, 0.3) is 12.4 Å². The monoisotopic (exact) mass is 376 g/mol. The number of nitrogens with zero attached hydrogens (tertiary/aromatic N) is 2. The molecular weight excluding hydrogens is 360 g/mol. The number of rotatable bonds is 3.